The lowest BCUT2D eigenvalue weighted by molar-refractivity contribution is 0.0992. The average Bonchev–Trinajstić information content (AvgIpc) is 2.43. The van der Waals surface area contributed by atoms with Gasteiger partial charge < -0.3 is 0 Å². The van der Waals surface area contributed by atoms with Gasteiger partial charge in [-0.2, -0.15) is 0 Å². The van der Waals surface area contributed by atoms with Crippen LogP contribution in [0.2, 0.25) is 5.02 Å². The van der Waals surface area contributed by atoms with Gasteiger partial charge in [0.25, 0.3) is 0 Å². The van der Waals surface area contributed by atoms with Gasteiger partial charge in [0, 0.05) is 22.6 Å². The van der Waals surface area contributed by atoms with Crippen molar-refractivity contribution in [3.05, 3.63) is 70.0 Å². The van der Waals surface area contributed by atoms with Crippen molar-refractivity contribution in [2.45, 2.75) is 19.8 Å². The maximum absolute atomic E-state index is 13.6. The van der Waals surface area contributed by atoms with Gasteiger partial charge in [0.2, 0.25) is 0 Å². The van der Waals surface area contributed by atoms with Crippen LogP contribution in [0.25, 0.3) is 0 Å². The Bertz CT molecular complexity index is 570. The number of aryl methyl sites for hydroxylation is 1. The molecule has 0 saturated carbocycles. The highest BCUT2D eigenvalue weighted by Crippen LogP contribution is 2.21. The predicted octanol–water partition coefficient (Wildman–Crippen LogP) is 4.47. The van der Waals surface area contributed by atoms with E-state index in [2.05, 4.69) is 6.92 Å². The lowest BCUT2D eigenvalue weighted by atomic mass is 10.0. The van der Waals surface area contributed by atoms with Crippen LogP contribution in [0.4, 0.5) is 4.39 Å². The molecule has 0 heterocycles. The molecule has 2 rings (SSSR count). The highest BCUT2D eigenvalue weighted by Gasteiger charge is 2.13. The first-order chi connectivity index (χ1) is 9.11. The third-order valence-corrected chi connectivity index (χ3v) is 3.44. The number of Topliss-reactive ketones (excluding diaryl/α,β-unsaturated/α-hetero) is 1. The fourth-order valence-corrected chi connectivity index (χ4v) is 2.12. The molecule has 0 fully saturated rings. The maximum atomic E-state index is 13.6. The second-order valence-electron chi connectivity index (χ2n) is 4.35. The normalized spacial score (nSPS) is 10.5. The number of carbonyl (C=O) groups is 1. The van der Waals surface area contributed by atoms with Crippen molar-refractivity contribution in [3.63, 3.8) is 0 Å². The quantitative estimate of drug-likeness (QED) is 0.753. The van der Waals surface area contributed by atoms with E-state index in [9.17, 15) is 9.18 Å². The topological polar surface area (TPSA) is 17.1 Å². The van der Waals surface area contributed by atoms with Gasteiger partial charge in [-0.1, -0.05) is 48.9 Å². The summed E-state index contributed by atoms with van der Waals surface area (Å²) in [7, 11) is 0. The van der Waals surface area contributed by atoms with E-state index in [4.69, 9.17) is 11.6 Å². The number of halogens is 2. The fraction of sp³-hybridized carbons (Fsp3) is 0.188. The van der Waals surface area contributed by atoms with Gasteiger partial charge in [0.05, 0.1) is 0 Å². The standard InChI is InChI=1S/C16H14ClFO/c1-2-11-6-8-12(9-7-11)16(19)10-13-14(17)4-3-5-15(13)18/h3-9H,2,10H2,1H3. The first kappa shape index (κ1) is 13.8. The van der Waals surface area contributed by atoms with E-state index in [1.807, 2.05) is 12.1 Å². The number of carbonyl (C=O) groups excluding carboxylic acids is 1. The van der Waals surface area contributed by atoms with Crippen molar-refractivity contribution < 1.29 is 9.18 Å². The van der Waals surface area contributed by atoms with Gasteiger partial charge in [-0.3, -0.25) is 4.79 Å². The molecule has 0 bridgehead atoms. The number of ketones is 1. The zero-order chi connectivity index (χ0) is 13.8. The van der Waals surface area contributed by atoms with Gasteiger partial charge in [0.15, 0.2) is 5.78 Å². The fourth-order valence-electron chi connectivity index (χ4n) is 1.89. The van der Waals surface area contributed by atoms with Gasteiger partial charge in [0.1, 0.15) is 5.82 Å². The summed E-state index contributed by atoms with van der Waals surface area (Å²) in [6, 6.07) is 11.8. The number of benzene rings is 2. The summed E-state index contributed by atoms with van der Waals surface area (Å²) in [6.07, 6.45) is 0.907. The van der Waals surface area contributed by atoms with E-state index in [1.54, 1.807) is 18.2 Å². The lowest BCUT2D eigenvalue weighted by Crippen LogP contribution is -2.06. The molecule has 19 heavy (non-hydrogen) atoms. The highest BCUT2D eigenvalue weighted by molar-refractivity contribution is 6.31. The van der Waals surface area contributed by atoms with E-state index in [0.717, 1.165) is 6.42 Å². The summed E-state index contributed by atoms with van der Waals surface area (Å²) in [5.41, 5.74) is 2.01. The maximum Gasteiger partial charge on any atom is 0.167 e. The highest BCUT2D eigenvalue weighted by atomic mass is 35.5. The van der Waals surface area contributed by atoms with Gasteiger partial charge in [-0.15, -0.1) is 0 Å². The van der Waals surface area contributed by atoms with Crippen LogP contribution >= 0.6 is 11.6 Å². The zero-order valence-electron chi connectivity index (χ0n) is 10.6. The molecule has 0 saturated heterocycles. The monoisotopic (exact) mass is 276 g/mol. The SMILES string of the molecule is CCc1ccc(C(=O)Cc2c(F)cccc2Cl)cc1. The summed E-state index contributed by atoms with van der Waals surface area (Å²) in [4.78, 5) is 12.1. The molecule has 0 radical (unpaired) electrons. The third kappa shape index (κ3) is 3.21. The minimum atomic E-state index is -0.439. The van der Waals surface area contributed by atoms with Crippen LogP contribution in [0.3, 0.4) is 0 Å². The minimum Gasteiger partial charge on any atom is -0.294 e. The summed E-state index contributed by atoms with van der Waals surface area (Å²) in [6.45, 7) is 2.05. The number of hydrogen-bond acceptors (Lipinski definition) is 1. The molecule has 3 heteroatoms. The van der Waals surface area contributed by atoms with Crippen molar-refractivity contribution in [2.24, 2.45) is 0 Å². The van der Waals surface area contributed by atoms with E-state index in [1.165, 1.54) is 17.7 Å². The molecule has 0 N–H and O–H groups in total. The molecule has 0 aromatic heterocycles. The van der Waals surface area contributed by atoms with E-state index >= 15 is 0 Å². The molecule has 1 nitrogen and oxygen atoms in total. The Hall–Kier alpha value is -1.67. The van der Waals surface area contributed by atoms with Gasteiger partial charge in [-0.25, -0.2) is 4.39 Å². The Morgan fingerprint density at radius 1 is 1.16 bits per heavy atom. The molecule has 2 aromatic rings. The Balaban J connectivity index is 2.20. The molecule has 0 aliphatic rings. The van der Waals surface area contributed by atoms with Crippen LogP contribution in [-0.2, 0) is 12.8 Å². The molecule has 0 aliphatic carbocycles. The Morgan fingerprint density at radius 3 is 2.42 bits per heavy atom. The largest absolute Gasteiger partial charge is 0.294 e. The van der Waals surface area contributed by atoms with Crippen LogP contribution in [0.5, 0.6) is 0 Å². The van der Waals surface area contributed by atoms with Crippen molar-refractivity contribution >= 4 is 17.4 Å². The second-order valence-corrected chi connectivity index (χ2v) is 4.76. The Labute approximate surface area is 117 Å². The molecular formula is C16H14ClFO. The van der Waals surface area contributed by atoms with Crippen LogP contribution in [-0.4, -0.2) is 5.78 Å². The van der Waals surface area contributed by atoms with Gasteiger partial charge >= 0.3 is 0 Å². The van der Waals surface area contributed by atoms with E-state index < -0.39 is 5.82 Å². The van der Waals surface area contributed by atoms with Crippen LogP contribution in [0.1, 0.15) is 28.4 Å². The summed E-state index contributed by atoms with van der Waals surface area (Å²) in [5.74, 6) is -0.569. The molecule has 0 amide bonds. The first-order valence-electron chi connectivity index (χ1n) is 6.17. The molecule has 0 atom stereocenters. The Morgan fingerprint density at radius 2 is 1.84 bits per heavy atom. The predicted molar refractivity (Wildman–Crippen MR) is 75.3 cm³/mol. The van der Waals surface area contributed by atoms with Crippen molar-refractivity contribution in [3.8, 4) is 0 Å². The van der Waals surface area contributed by atoms with Crippen molar-refractivity contribution in [1.29, 1.82) is 0 Å². The van der Waals surface area contributed by atoms with Crippen molar-refractivity contribution in [2.75, 3.05) is 0 Å². The minimum absolute atomic E-state index is 0.0169. The van der Waals surface area contributed by atoms with Crippen molar-refractivity contribution in [1.82, 2.24) is 0 Å². The van der Waals surface area contributed by atoms with Crippen LogP contribution in [0.15, 0.2) is 42.5 Å². The first-order valence-corrected chi connectivity index (χ1v) is 6.54. The van der Waals surface area contributed by atoms with Crippen LogP contribution in [0, 0.1) is 5.82 Å². The van der Waals surface area contributed by atoms with E-state index in [0.29, 0.717) is 10.6 Å². The molecular weight excluding hydrogens is 263 g/mol. The summed E-state index contributed by atoms with van der Waals surface area (Å²) in [5, 5.41) is 0.290. The zero-order valence-corrected chi connectivity index (χ0v) is 11.4. The van der Waals surface area contributed by atoms with Crippen LogP contribution < -0.4 is 0 Å². The Kier molecular flexibility index (Phi) is 4.33. The smallest absolute Gasteiger partial charge is 0.167 e. The molecule has 98 valence electrons. The molecule has 0 spiro atoms. The summed E-state index contributed by atoms with van der Waals surface area (Å²) >= 11 is 5.92. The number of rotatable bonds is 4. The van der Waals surface area contributed by atoms with Gasteiger partial charge in [-0.05, 0) is 24.1 Å². The number of hydrogen-bond donors (Lipinski definition) is 0. The average molecular weight is 277 g/mol. The third-order valence-electron chi connectivity index (χ3n) is 3.08. The lowest BCUT2D eigenvalue weighted by Gasteiger charge is -2.06. The summed E-state index contributed by atoms with van der Waals surface area (Å²) < 4.78 is 13.6. The second kappa shape index (κ2) is 5.98. The molecule has 2 aromatic carbocycles. The van der Waals surface area contributed by atoms with E-state index in [-0.39, 0.29) is 17.8 Å². The molecule has 0 unspecified atom stereocenters. The molecule has 0 aliphatic heterocycles.